The Morgan fingerprint density at radius 1 is 0.980 bits per heavy atom. The maximum atomic E-state index is 13.5. The number of benzene rings is 3. The van der Waals surface area contributed by atoms with Crippen LogP contribution in [0.2, 0.25) is 0 Å². The van der Waals surface area contributed by atoms with Gasteiger partial charge in [-0.05, 0) is 96.6 Å². The number of hydrogen-bond acceptors (Lipinski definition) is 6. The van der Waals surface area contributed by atoms with Gasteiger partial charge in [-0.15, -0.1) is 0 Å². The van der Waals surface area contributed by atoms with Crippen molar-refractivity contribution in [3.63, 3.8) is 0 Å². The van der Waals surface area contributed by atoms with Crippen LogP contribution in [0.1, 0.15) is 50.2 Å². The van der Waals surface area contributed by atoms with Crippen LogP contribution in [0.3, 0.4) is 0 Å². The predicted molar refractivity (Wildman–Crippen MR) is 195 cm³/mol. The molecule has 3 amide bonds. The fourth-order valence-corrected chi connectivity index (χ4v) is 6.10. The lowest BCUT2D eigenvalue weighted by Crippen LogP contribution is -2.40. The second-order valence-corrected chi connectivity index (χ2v) is 12.5. The molecule has 1 saturated heterocycles. The first kappa shape index (κ1) is 34.8. The van der Waals surface area contributed by atoms with Gasteiger partial charge in [0, 0.05) is 76.5 Å². The van der Waals surface area contributed by atoms with Gasteiger partial charge in [-0.2, -0.15) is 0 Å². The highest BCUT2D eigenvalue weighted by molar-refractivity contribution is 6.07. The molecule has 3 aromatic carbocycles. The molecule has 2 heterocycles. The smallest absolute Gasteiger partial charge is 0.255 e. The lowest BCUT2D eigenvalue weighted by atomic mass is 9.96. The molecule has 0 atom stereocenters. The van der Waals surface area contributed by atoms with Crippen molar-refractivity contribution in [2.45, 2.75) is 32.3 Å². The van der Waals surface area contributed by atoms with Crippen molar-refractivity contribution in [1.82, 2.24) is 9.47 Å². The monoisotopic (exact) mass is 661 g/mol. The molecule has 10 nitrogen and oxygen atoms in total. The molecular weight excluding hydrogens is 618 g/mol. The summed E-state index contributed by atoms with van der Waals surface area (Å²) in [5, 5.41) is 5.82. The molecule has 0 unspecified atom stereocenters. The molecule has 5 rings (SSSR count). The normalized spacial score (nSPS) is 13.1. The van der Waals surface area contributed by atoms with Crippen molar-refractivity contribution in [1.29, 1.82) is 0 Å². The molecule has 0 bridgehead atoms. The summed E-state index contributed by atoms with van der Waals surface area (Å²) in [7, 11) is 7.28. The van der Waals surface area contributed by atoms with Gasteiger partial charge in [0.05, 0.1) is 17.4 Å². The fourth-order valence-electron chi connectivity index (χ4n) is 6.10. The van der Waals surface area contributed by atoms with Gasteiger partial charge in [0.15, 0.2) is 0 Å². The number of ether oxygens (including phenoxy) is 1. The number of rotatable bonds is 10. The van der Waals surface area contributed by atoms with E-state index in [4.69, 9.17) is 4.74 Å². The van der Waals surface area contributed by atoms with Crippen LogP contribution in [-0.4, -0.2) is 67.6 Å². The summed E-state index contributed by atoms with van der Waals surface area (Å²) in [6, 6.07) is 20.2. The zero-order chi connectivity index (χ0) is 35.2. The van der Waals surface area contributed by atoms with E-state index in [1.165, 1.54) is 0 Å². The number of carbonyl (C=O) groups is 3. The molecule has 254 valence electrons. The van der Waals surface area contributed by atoms with Crippen LogP contribution >= 0.6 is 0 Å². The van der Waals surface area contributed by atoms with Gasteiger partial charge in [0.2, 0.25) is 5.91 Å². The number of hydrogen-bond donors (Lipinski definition) is 2. The van der Waals surface area contributed by atoms with Crippen molar-refractivity contribution in [3.8, 4) is 11.1 Å². The molecule has 2 N–H and O–H groups in total. The Kier molecular flexibility index (Phi) is 10.8. The SMILES string of the molecule is C=CC(=O)Nc1cc(Cc2cc(-c3cccc(NC(=O)c4ccc(N(C)C)cc4)c3C)cn(C)c2=O)ccc1C(=O)N1CCC(OC)CC1. The topological polar surface area (TPSA) is 113 Å². The molecule has 1 aliphatic rings. The third-order valence-electron chi connectivity index (χ3n) is 9.01. The molecule has 1 aromatic heterocycles. The highest BCUT2D eigenvalue weighted by atomic mass is 16.5. The Hall–Kier alpha value is -5.48. The molecule has 0 spiro atoms. The van der Waals surface area contributed by atoms with E-state index in [0.29, 0.717) is 41.2 Å². The summed E-state index contributed by atoms with van der Waals surface area (Å²) in [4.78, 5) is 56.1. The summed E-state index contributed by atoms with van der Waals surface area (Å²) in [5.41, 5.74) is 6.63. The number of aromatic nitrogens is 1. The maximum Gasteiger partial charge on any atom is 0.255 e. The number of piperidine rings is 1. The Morgan fingerprint density at radius 3 is 2.35 bits per heavy atom. The third-order valence-corrected chi connectivity index (χ3v) is 9.01. The minimum Gasteiger partial charge on any atom is -0.381 e. The van der Waals surface area contributed by atoms with Gasteiger partial charge in [-0.25, -0.2) is 0 Å². The van der Waals surface area contributed by atoms with Crippen LogP contribution in [0.15, 0.2) is 90.4 Å². The lowest BCUT2D eigenvalue weighted by molar-refractivity contribution is -0.111. The van der Waals surface area contributed by atoms with Crippen molar-refractivity contribution in [2.75, 3.05) is 49.8 Å². The van der Waals surface area contributed by atoms with Crippen molar-refractivity contribution in [2.24, 2.45) is 7.05 Å². The molecule has 1 aliphatic heterocycles. The first-order valence-electron chi connectivity index (χ1n) is 16.3. The van der Waals surface area contributed by atoms with Gasteiger partial charge in [-0.3, -0.25) is 19.2 Å². The van der Waals surface area contributed by atoms with Gasteiger partial charge in [-0.1, -0.05) is 24.8 Å². The number of likely N-dealkylation sites (tertiary alicyclic amines) is 1. The number of anilines is 3. The largest absolute Gasteiger partial charge is 0.381 e. The molecule has 0 aliphatic carbocycles. The first-order chi connectivity index (χ1) is 23.5. The van der Waals surface area contributed by atoms with E-state index in [0.717, 1.165) is 46.9 Å². The van der Waals surface area contributed by atoms with E-state index in [1.54, 1.807) is 54.1 Å². The molecule has 10 heteroatoms. The Labute approximate surface area is 287 Å². The van der Waals surface area contributed by atoms with Gasteiger partial charge in [0.25, 0.3) is 17.4 Å². The van der Waals surface area contributed by atoms with E-state index >= 15 is 0 Å². The van der Waals surface area contributed by atoms with Gasteiger partial charge < -0.3 is 29.7 Å². The van der Waals surface area contributed by atoms with Crippen LogP contribution in [0.25, 0.3) is 11.1 Å². The minimum atomic E-state index is -0.435. The average Bonchev–Trinajstić information content (AvgIpc) is 3.10. The van der Waals surface area contributed by atoms with Crippen molar-refractivity contribution in [3.05, 3.63) is 124 Å². The first-order valence-corrected chi connectivity index (χ1v) is 16.3. The molecule has 0 saturated carbocycles. The standard InChI is InChI=1S/C39H43N5O5/c1-7-36(45)40-35-22-26(11-16-33(35)39(48)44-19-17-31(49-6)18-20-44)21-28-23-29(24-43(5)38(28)47)32-9-8-10-34(25(32)2)41-37(46)27-12-14-30(15-13-27)42(3)4/h7-16,22-24,31H,1,17-21H2,2-6H3,(H,40,45)(H,41,46). The number of aryl methyl sites for hydroxylation is 1. The zero-order valence-corrected chi connectivity index (χ0v) is 28.7. The Bertz CT molecular complexity index is 1940. The predicted octanol–water partition coefficient (Wildman–Crippen LogP) is 5.65. The van der Waals surface area contributed by atoms with Crippen molar-refractivity contribution >= 4 is 34.8 Å². The summed E-state index contributed by atoms with van der Waals surface area (Å²) in [6.45, 7) is 6.61. The van der Waals surface area contributed by atoms with E-state index in [-0.39, 0.29) is 29.9 Å². The van der Waals surface area contributed by atoms with Gasteiger partial charge in [0.1, 0.15) is 0 Å². The Morgan fingerprint density at radius 2 is 1.69 bits per heavy atom. The fraction of sp³-hybridized carbons (Fsp3) is 0.282. The molecule has 49 heavy (non-hydrogen) atoms. The second kappa shape index (κ2) is 15.2. The number of nitrogens with zero attached hydrogens (tertiary/aromatic N) is 3. The minimum absolute atomic E-state index is 0.126. The highest BCUT2D eigenvalue weighted by Crippen LogP contribution is 2.30. The van der Waals surface area contributed by atoms with Crippen LogP contribution in [0.5, 0.6) is 0 Å². The summed E-state index contributed by atoms with van der Waals surface area (Å²) >= 11 is 0. The molecule has 0 radical (unpaired) electrons. The van der Waals surface area contributed by atoms with E-state index < -0.39 is 5.91 Å². The lowest BCUT2D eigenvalue weighted by Gasteiger charge is -2.31. The average molecular weight is 662 g/mol. The van der Waals surface area contributed by atoms with Crippen molar-refractivity contribution < 1.29 is 19.1 Å². The van der Waals surface area contributed by atoms with E-state index in [2.05, 4.69) is 17.2 Å². The maximum absolute atomic E-state index is 13.5. The number of carbonyl (C=O) groups excluding carboxylic acids is 3. The third kappa shape index (κ3) is 7.98. The van der Waals surface area contributed by atoms with Crippen LogP contribution in [0, 0.1) is 6.92 Å². The number of pyridine rings is 1. The second-order valence-electron chi connectivity index (χ2n) is 12.5. The van der Waals surface area contributed by atoms with E-state index in [1.807, 2.05) is 68.4 Å². The summed E-state index contributed by atoms with van der Waals surface area (Å²) in [5.74, 6) is -0.825. The van der Waals surface area contributed by atoms with Crippen LogP contribution < -0.4 is 21.1 Å². The number of nitrogens with one attached hydrogen (secondary N) is 2. The quantitative estimate of drug-likeness (QED) is 0.213. The zero-order valence-electron chi connectivity index (χ0n) is 28.7. The van der Waals surface area contributed by atoms with Crippen LogP contribution in [0.4, 0.5) is 17.1 Å². The molecule has 4 aromatic rings. The summed E-state index contributed by atoms with van der Waals surface area (Å²) in [6.07, 6.45) is 4.82. The molecular formula is C39H43N5O5. The summed E-state index contributed by atoms with van der Waals surface area (Å²) < 4.78 is 6.99. The number of methoxy groups -OCH3 is 1. The number of amides is 3. The molecule has 1 fully saturated rings. The van der Waals surface area contributed by atoms with E-state index in [9.17, 15) is 19.2 Å². The van der Waals surface area contributed by atoms with Crippen LogP contribution in [-0.2, 0) is 23.0 Å². The Balaban J connectivity index is 1.42. The van der Waals surface area contributed by atoms with Gasteiger partial charge >= 0.3 is 0 Å². The highest BCUT2D eigenvalue weighted by Gasteiger charge is 2.26.